The maximum Gasteiger partial charge on any atom is 0.191 e. The molecule has 16 heavy (non-hydrogen) atoms. The molecule has 0 spiro atoms. The SMILES string of the molecule is Cc1ccc(-c2nc(C)oc2CCN)cc1. The molecule has 84 valence electrons. The highest BCUT2D eigenvalue weighted by Crippen LogP contribution is 2.24. The highest BCUT2D eigenvalue weighted by Gasteiger charge is 2.11. The molecular weight excluding hydrogens is 200 g/mol. The van der Waals surface area contributed by atoms with Crippen LogP contribution in [0.15, 0.2) is 28.7 Å². The minimum Gasteiger partial charge on any atom is -0.445 e. The van der Waals surface area contributed by atoms with Crippen LogP contribution in [-0.2, 0) is 6.42 Å². The van der Waals surface area contributed by atoms with Crippen molar-refractivity contribution in [2.75, 3.05) is 6.54 Å². The van der Waals surface area contributed by atoms with E-state index in [4.69, 9.17) is 10.2 Å². The average molecular weight is 216 g/mol. The molecule has 2 N–H and O–H groups in total. The second-order valence-electron chi connectivity index (χ2n) is 3.91. The van der Waals surface area contributed by atoms with Gasteiger partial charge in [0.1, 0.15) is 11.5 Å². The van der Waals surface area contributed by atoms with E-state index in [1.54, 1.807) is 0 Å². The molecule has 0 radical (unpaired) electrons. The molecular formula is C13H16N2O. The predicted molar refractivity (Wildman–Crippen MR) is 64.2 cm³/mol. The van der Waals surface area contributed by atoms with Gasteiger partial charge >= 0.3 is 0 Å². The first-order chi connectivity index (χ1) is 7.70. The Labute approximate surface area is 95.3 Å². The summed E-state index contributed by atoms with van der Waals surface area (Å²) in [5, 5.41) is 0. The Morgan fingerprint density at radius 3 is 2.50 bits per heavy atom. The number of benzene rings is 1. The number of aromatic nitrogens is 1. The molecule has 1 aromatic carbocycles. The Morgan fingerprint density at radius 2 is 1.88 bits per heavy atom. The first kappa shape index (κ1) is 10.9. The van der Waals surface area contributed by atoms with Crippen molar-refractivity contribution in [1.82, 2.24) is 4.98 Å². The second-order valence-corrected chi connectivity index (χ2v) is 3.91. The molecule has 0 aliphatic carbocycles. The summed E-state index contributed by atoms with van der Waals surface area (Å²) < 4.78 is 5.55. The largest absolute Gasteiger partial charge is 0.445 e. The summed E-state index contributed by atoms with van der Waals surface area (Å²) in [6, 6.07) is 8.27. The highest BCUT2D eigenvalue weighted by atomic mass is 16.4. The summed E-state index contributed by atoms with van der Waals surface area (Å²) in [4.78, 5) is 4.41. The fourth-order valence-electron chi connectivity index (χ4n) is 1.71. The molecule has 2 rings (SSSR count). The molecule has 2 aromatic rings. The molecule has 1 aromatic heterocycles. The predicted octanol–water partition coefficient (Wildman–Crippen LogP) is 2.46. The molecule has 0 atom stereocenters. The van der Waals surface area contributed by atoms with E-state index in [1.165, 1.54) is 5.56 Å². The van der Waals surface area contributed by atoms with Crippen molar-refractivity contribution in [3.63, 3.8) is 0 Å². The Hall–Kier alpha value is -1.61. The van der Waals surface area contributed by atoms with Gasteiger partial charge in [-0.1, -0.05) is 29.8 Å². The van der Waals surface area contributed by atoms with Crippen LogP contribution in [0.1, 0.15) is 17.2 Å². The summed E-state index contributed by atoms with van der Waals surface area (Å²) in [5.74, 6) is 1.57. The van der Waals surface area contributed by atoms with E-state index in [2.05, 4.69) is 36.2 Å². The van der Waals surface area contributed by atoms with E-state index in [1.807, 2.05) is 6.92 Å². The lowest BCUT2D eigenvalue weighted by molar-refractivity contribution is 0.476. The zero-order chi connectivity index (χ0) is 11.5. The van der Waals surface area contributed by atoms with Gasteiger partial charge in [0.05, 0.1) is 0 Å². The third kappa shape index (κ3) is 2.14. The van der Waals surface area contributed by atoms with E-state index in [9.17, 15) is 0 Å². The first-order valence-electron chi connectivity index (χ1n) is 5.44. The van der Waals surface area contributed by atoms with Crippen molar-refractivity contribution in [3.05, 3.63) is 41.5 Å². The van der Waals surface area contributed by atoms with Gasteiger partial charge in [-0.3, -0.25) is 0 Å². The molecule has 0 saturated carbocycles. The number of hydrogen-bond acceptors (Lipinski definition) is 3. The minimum atomic E-state index is 0.577. The van der Waals surface area contributed by atoms with Crippen LogP contribution >= 0.6 is 0 Å². The number of nitrogens with two attached hydrogens (primary N) is 1. The van der Waals surface area contributed by atoms with Crippen LogP contribution in [0.25, 0.3) is 11.3 Å². The first-order valence-corrected chi connectivity index (χ1v) is 5.44. The van der Waals surface area contributed by atoms with Crippen molar-refractivity contribution in [2.45, 2.75) is 20.3 Å². The lowest BCUT2D eigenvalue weighted by Gasteiger charge is -2.00. The second kappa shape index (κ2) is 4.49. The van der Waals surface area contributed by atoms with Crippen LogP contribution in [0.5, 0.6) is 0 Å². The fraction of sp³-hybridized carbons (Fsp3) is 0.308. The molecule has 1 heterocycles. The van der Waals surface area contributed by atoms with Crippen LogP contribution in [0, 0.1) is 13.8 Å². The molecule has 3 heteroatoms. The molecule has 0 aliphatic heterocycles. The van der Waals surface area contributed by atoms with Gasteiger partial charge in [0, 0.05) is 18.9 Å². The van der Waals surface area contributed by atoms with Gasteiger partial charge in [-0.05, 0) is 13.5 Å². The summed E-state index contributed by atoms with van der Waals surface area (Å²) in [6.45, 7) is 4.50. The monoisotopic (exact) mass is 216 g/mol. The summed E-state index contributed by atoms with van der Waals surface area (Å²) in [7, 11) is 0. The molecule has 0 amide bonds. The Bertz CT molecular complexity index is 471. The molecule has 0 unspecified atom stereocenters. The van der Waals surface area contributed by atoms with Crippen molar-refractivity contribution in [2.24, 2.45) is 5.73 Å². The third-order valence-electron chi connectivity index (χ3n) is 2.50. The zero-order valence-corrected chi connectivity index (χ0v) is 9.66. The number of oxazole rings is 1. The van der Waals surface area contributed by atoms with Crippen molar-refractivity contribution in [1.29, 1.82) is 0 Å². The number of rotatable bonds is 3. The van der Waals surface area contributed by atoms with Gasteiger partial charge in [-0.25, -0.2) is 4.98 Å². The summed E-state index contributed by atoms with van der Waals surface area (Å²) >= 11 is 0. The van der Waals surface area contributed by atoms with E-state index in [0.29, 0.717) is 12.4 Å². The standard InChI is InChI=1S/C13H16N2O/c1-9-3-5-11(6-4-9)13-12(7-8-14)16-10(2)15-13/h3-6H,7-8,14H2,1-2H3. The molecule has 0 bridgehead atoms. The molecule has 0 aliphatic rings. The quantitative estimate of drug-likeness (QED) is 0.857. The minimum absolute atomic E-state index is 0.577. The van der Waals surface area contributed by atoms with E-state index in [0.717, 1.165) is 23.4 Å². The summed E-state index contributed by atoms with van der Waals surface area (Å²) in [6.07, 6.45) is 0.726. The smallest absolute Gasteiger partial charge is 0.191 e. The van der Waals surface area contributed by atoms with Gasteiger partial charge in [-0.15, -0.1) is 0 Å². The lowest BCUT2D eigenvalue weighted by Crippen LogP contribution is -2.02. The molecule has 0 fully saturated rings. The fourth-order valence-corrected chi connectivity index (χ4v) is 1.71. The van der Waals surface area contributed by atoms with E-state index >= 15 is 0 Å². The number of nitrogens with zero attached hydrogens (tertiary/aromatic N) is 1. The van der Waals surface area contributed by atoms with Gasteiger partial charge in [0.25, 0.3) is 0 Å². The highest BCUT2D eigenvalue weighted by molar-refractivity contribution is 5.61. The van der Waals surface area contributed by atoms with Gasteiger partial charge in [0.2, 0.25) is 0 Å². The zero-order valence-electron chi connectivity index (χ0n) is 9.66. The Kier molecular flexibility index (Phi) is 3.06. The summed E-state index contributed by atoms with van der Waals surface area (Å²) in [5.41, 5.74) is 8.80. The van der Waals surface area contributed by atoms with Crippen LogP contribution in [0.2, 0.25) is 0 Å². The van der Waals surface area contributed by atoms with Gasteiger partial charge in [-0.2, -0.15) is 0 Å². The van der Waals surface area contributed by atoms with Crippen molar-refractivity contribution < 1.29 is 4.42 Å². The maximum absolute atomic E-state index is 5.55. The van der Waals surface area contributed by atoms with Crippen molar-refractivity contribution >= 4 is 0 Å². The number of hydrogen-bond donors (Lipinski definition) is 1. The van der Waals surface area contributed by atoms with E-state index < -0.39 is 0 Å². The lowest BCUT2D eigenvalue weighted by atomic mass is 10.1. The van der Waals surface area contributed by atoms with Gasteiger partial charge in [0.15, 0.2) is 5.89 Å². The Balaban J connectivity index is 2.42. The van der Waals surface area contributed by atoms with Crippen LogP contribution in [-0.4, -0.2) is 11.5 Å². The average Bonchev–Trinajstić information content (AvgIpc) is 2.61. The van der Waals surface area contributed by atoms with Gasteiger partial charge < -0.3 is 10.2 Å². The Morgan fingerprint density at radius 1 is 1.19 bits per heavy atom. The topological polar surface area (TPSA) is 52.0 Å². The van der Waals surface area contributed by atoms with Crippen LogP contribution < -0.4 is 5.73 Å². The van der Waals surface area contributed by atoms with Crippen LogP contribution in [0.3, 0.4) is 0 Å². The normalized spacial score (nSPS) is 10.7. The van der Waals surface area contributed by atoms with E-state index in [-0.39, 0.29) is 0 Å². The molecule has 3 nitrogen and oxygen atoms in total. The third-order valence-corrected chi connectivity index (χ3v) is 2.50. The maximum atomic E-state index is 5.55. The van der Waals surface area contributed by atoms with Crippen molar-refractivity contribution in [3.8, 4) is 11.3 Å². The van der Waals surface area contributed by atoms with Crippen LogP contribution in [0.4, 0.5) is 0 Å². The number of aryl methyl sites for hydroxylation is 2. The molecule has 0 saturated heterocycles.